The minimum absolute atomic E-state index is 0.0226. The van der Waals surface area contributed by atoms with E-state index in [4.69, 9.17) is 15.2 Å². The molecule has 1 fully saturated rings. The number of aromatic carboxylic acids is 1. The Morgan fingerprint density at radius 1 is 1.78 bits per heavy atom. The molecule has 8 nitrogen and oxygen atoms in total. The third-order valence-corrected chi connectivity index (χ3v) is 2.85. The second-order valence-electron chi connectivity index (χ2n) is 4.22. The molecule has 8 heteroatoms. The molecule has 1 aromatic rings. The number of aromatic nitrogens is 1. The number of likely N-dealkylation sites (tertiary alicyclic amines) is 1. The van der Waals surface area contributed by atoms with Crippen molar-refractivity contribution >= 4 is 5.97 Å². The molecule has 0 radical (unpaired) electrons. The van der Waals surface area contributed by atoms with Crippen LogP contribution in [0.3, 0.4) is 0 Å². The highest BCUT2D eigenvalue weighted by Gasteiger charge is 2.20. The average molecular weight is 251 g/mol. The molecule has 18 heavy (non-hydrogen) atoms. The lowest BCUT2D eigenvalue weighted by Gasteiger charge is -2.29. The summed E-state index contributed by atoms with van der Waals surface area (Å²) in [7, 11) is 0. The minimum atomic E-state index is -1.10. The van der Waals surface area contributed by atoms with Crippen LogP contribution in [0.15, 0.2) is 15.7 Å². The van der Waals surface area contributed by atoms with E-state index >= 15 is 0 Å². The highest BCUT2D eigenvalue weighted by molar-refractivity contribution is 5.85. The van der Waals surface area contributed by atoms with Gasteiger partial charge in [-0.15, -0.1) is 0 Å². The van der Waals surface area contributed by atoms with Crippen LogP contribution in [0.4, 0.5) is 0 Å². The van der Waals surface area contributed by atoms with Crippen molar-refractivity contribution in [1.29, 1.82) is 0 Å². The Morgan fingerprint density at radius 2 is 2.61 bits per heavy atom. The summed E-state index contributed by atoms with van der Waals surface area (Å²) in [5.41, 5.74) is 8.32. The van der Waals surface area contributed by atoms with Gasteiger partial charge in [0.05, 0.1) is 12.6 Å². The van der Waals surface area contributed by atoms with E-state index in [2.05, 4.69) is 20.1 Å². The fraction of sp³-hybridized carbons (Fsp3) is 0.600. The lowest BCUT2D eigenvalue weighted by Crippen LogP contribution is -2.36. The van der Waals surface area contributed by atoms with Crippen LogP contribution in [0.25, 0.3) is 10.4 Å². The molecule has 96 valence electrons. The maximum absolute atomic E-state index is 10.7. The molecular formula is C10H13N5O3. The van der Waals surface area contributed by atoms with E-state index < -0.39 is 5.97 Å². The van der Waals surface area contributed by atoms with Crippen LogP contribution in [0, 0.1) is 0 Å². The predicted molar refractivity (Wildman–Crippen MR) is 60.9 cm³/mol. The average Bonchev–Trinajstić information content (AvgIpc) is 2.78. The molecule has 1 aliphatic heterocycles. The monoisotopic (exact) mass is 251 g/mol. The van der Waals surface area contributed by atoms with Crippen LogP contribution in [0.2, 0.25) is 0 Å². The van der Waals surface area contributed by atoms with Gasteiger partial charge in [0.15, 0.2) is 11.5 Å². The zero-order chi connectivity index (χ0) is 13.0. The number of piperidine rings is 1. The Balaban J connectivity index is 1.95. The summed E-state index contributed by atoms with van der Waals surface area (Å²) in [6, 6.07) is 1.39. The fourth-order valence-corrected chi connectivity index (χ4v) is 2.05. The largest absolute Gasteiger partial charge is 0.476 e. The second-order valence-corrected chi connectivity index (χ2v) is 4.22. The second kappa shape index (κ2) is 5.52. The molecule has 1 atom stereocenters. The fourth-order valence-electron chi connectivity index (χ4n) is 2.05. The topological polar surface area (TPSA) is 115 Å². The van der Waals surface area contributed by atoms with E-state index in [1.807, 2.05) is 0 Å². The lowest BCUT2D eigenvalue weighted by molar-refractivity contribution is 0.0685. The number of carbonyl (C=O) groups is 1. The normalized spacial score (nSPS) is 20.3. The number of hydrogen-bond donors (Lipinski definition) is 1. The first kappa shape index (κ1) is 12.4. The Hall–Kier alpha value is -2.05. The SMILES string of the molecule is [N-]=[N+]=NC1CCCN(Cc2cc(C(=O)O)no2)C1. The maximum atomic E-state index is 10.7. The van der Waals surface area contributed by atoms with Crippen molar-refractivity contribution in [3.8, 4) is 0 Å². The molecule has 0 amide bonds. The molecule has 0 spiro atoms. The van der Waals surface area contributed by atoms with Crippen LogP contribution in [0.1, 0.15) is 29.1 Å². The third kappa shape index (κ3) is 2.99. The Bertz CT molecular complexity index is 480. The summed E-state index contributed by atoms with van der Waals surface area (Å²) in [6.45, 7) is 2.02. The highest BCUT2D eigenvalue weighted by Crippen LogP contribution is 2.16. The summed E-state index contributed by atoms with van der Waals surface area (Å²) in [6.07, 6.45) is 1.83. The van der Waals surface area contributed by atoms with Crippen molar-refractivity contribution < 1.29 is 14.4 Å². The molecule has 0 aromatic carbocycles. The van der Waals surface area contributed by atoms with Gasteiger partial charge in [-0.05, 0) is 24.9 Å². The molecule has 1 aromatic heterocycles. The van der Waals surface area contributed by atoms with Gasteiger partial charge in [-0.3, -0.25) is 4.90 Å². The first-order chi connectivity index (χ1) is 8.69. The quantitative estimate of drug-likeness (QED) is 0.496. The summed E-state index contributed by atoms with van der Waals surface area (Å²) in [4.78, 5) is 15.5. The van der Waals surface area contributed by atoms with Crippen LogP contribution < -0.4 is 0 Å². The maximum Gasteiger partial charge on any atom is 0.358 e. The van der Waals surface area contributed by atoms with Gasteiger partial charge in [-0.2, -0.15) is 0 Å². The Morgan fingerprint density at radius 3 is 3.28 bits per heavy atom. The molecule has 1 unspecified atom stereocenters. The van der Waals surface area contributed by atoms with Gasteiger partial charge in [0.2, 0.25) is 0 Å². The van der Waals surface area contributed by atoms with Gasteiger partial charge in [0, 0.05) is 17.5 Å². The number of rotatable bonds is 4. The van der Waals surface area contributed by atoms with Crippen molar-refractivity contribution in [3.05, 3.63) is 28.0 Å². The third-order valence-electron chi connectivity index (χ3n) is 2.85. The Labute approximate surface area is 103 Å². The van der Waals surface area contributed by atoms with Crippen molar-refractivity contribution in [2.75, 3.05) is 13.1 Å². The molecule has 1 aliphatic rings. The molecule has 0 aliphatic carbocycles. The zero-order valence-corrected chi connectivity index (χ0v) is 9.69. The molecular weight excluding hydrogens is 238 g/mol. The first-order valence-electron chi connectivity index (χ1n) is 5.64. The van der Waals surface area contributed by atoms with Crippen LogP contribution >= 0.6 is 0 Å². The lowest BCUT2D eigenvalue weighted by atomic mass is 10.1. The van der Waals surface area contributed by atoms with E-state index in [0.29, 0.717) is 18.8 Å². The summed E-state index contributed by atoms with van der Waals surface area (Å²) >= 11 is 0. The van der Waals surface area contributed by atoms with E-state index in [-0.39, 0.29) is 11.7 Å². The number of azide groups is 1. The van der Waals surface area contributed by atoms with Crippen LogP contribution in [0.5, 0.6) is 0 Å². The molecule has 1 saturated heterocycles. The first-order valence-corrected chi connectivity index (χ1v) is 5.64. The van der Waals surface area contributed by atoms with Gasteiger partial charge in [0.25, 0.3) is 0 Å². The van der Waals surface area contributed by atoms with Gasteiger partial charge >= 0.3 is 5.97 Å². The van der Waals surface area contributed by atoms with Crippen LogP contribution in [-0.4, -0.2) is 40.3 Å². The van der Waals surface area contributed by atoms with E-state index in [0.717, 1.165) is 19.4 Å². The Kier molecular flexibility index (Phi) is 3.81. The van der Waals surface area contributed by atoms with E-state index in [1.54, 1.807) is 0 Å². The number of nitrogens with zero attached hydrogens (tertiary/aromatic N) is 5. The molecule has 0 saturated carbocycles. The smallest absolute Gasteiger partial charge is 0.358 e. The van der Waals surface area contributed by atoms with E-state index in [1.165, 1.54) is 6.07 Å². The van der Waals surface area contributed by atoms with E-state index in [9.17, 15) is 4.79 Å². The summed E-state index contributed by atoms with van der Waals surface area (Å²) in [5, 5.41) is 15.9. The molecule has 1 N–H and O–H groups in total. The molecule has 2 rings (SSSR count). The predicted octanol–water partition coefficient (Wildman–Crippen LogP) is 1.65. The summed E-state index contributed by atoms with van der Waals surface area (Å²) < 4.78 is 4.95. The van der Waals surface area contributed by atoms with Gasteiger partial charge in [-0.25, -0.2) is 4.79 Å². The highest BCUT2D eigenvalue weighted by atomic mass is 16.5. The van der Waals surface area contributed by atoms with Gasteiger partial charge in [0.1, 0.15) is 0 Å². The number of hydrogen-bond acceptors (Lipinski definition) is 5. The van der Waals surface area contributed by atoms with Gasteiger partial charge < -0.3 is 9.63 Å². The zero-order valence-electron chi connectivity index (χ0n) is 9.69. The molecule has 0 bridgehead atoms. The van der Waals surface area contributed by atoms with Crippen molar-refractivity contribution in [1.82, 2.24) is 10.1 Å². The number of carboxylic acid groups (broad SMARTS) is 1. The van der Waals surface area contributed by atoms with Gasteiger partial charge in [-0.1, -0.05) is 10.3 Å². The molecule has 2 heterocycles. The number of carboxylic acids is 1. The van der Waals surface area contributed by atoms with Crippen molar-refractivity contribution in [2.45, 2.75) is 25.4 Å². The minimum Gasteiger partial charge on any atom is -0.476 e. The summed E-state index contributed by atoms with van der Waals surface area (Å²) in [5.74, 6) is -0.593. The van der Waals surface area contributed by atoms with Crippen molar-refractivity contribution in [2.24, 2.45) is 5.11 Å². The van der Waals surface area contributed by atoms with Crippen LogP contribution in [-0.2, 0) is 6.54 Å². The van der Waals surface area contributed by atoms with Crippen molar-refractivity contribution in [3.63, 3.8) is 0 Å². The standard InChI is InChI=1S/C10H13N5O3/c11-14-12-7-2-1-3-15(5-7)6-8-4-9(10(16)17)13-18-8/h4,7H,1-3,5-6H2,(H,16,17).